The second kappa shape index (κ2) is 40.9. The number of amides is 7. The molecule has 0 aliphatic carbocycles. The molecule has 0 saturated heterocycles. The molecule has 23 heteroatoms. The minimum absolute atomic E-state index is 0.0391. The molecule has 18 N–H and O–H groups in total. The molecule has 8 atom stereocenters. The van der Waals surface area contributed by atoms with Crippen molar-refractivity contribution in [3.63, 3.8) is 0 Å². The zero-order valence-electron chi connectivity index (χ0n) is 46.4. The number of aliphatic hydroxyl groups excluding tert-OH is 3. The molecule has 0 aromatic heterocycles. The monoisotopic (exact) mass is 1090 g/mol. The molecule has 0 bridgehead atoms. The second-order valence-electron chi connectivity index (χ2n) is 20.0. The number of nitrogens with two attached hydrogens (primary N) is 4. The summed E-state index contributed by atoms with van der Waals surface area (Å²) in [4.78, 5) is 103. The van der Waals surface area contributed by atoms with Gasteiger partial charge in [0, 0.05) is 32.0 Å². The molecule has 77 heavy (non-hydrogen) atoms. The first kappa shape index (κ1) is 68.7. The summed E-state index contributed by atoms with van der Waals surface area (Å²) >= 11 is 0. The fraction of sp³-hybridized carbons (Fsp3) is 0.685. The summed E-state index contributed by atoms with van der Waals surface area (Å²) < 4.78 is 0. The number of nitrogens with one attached hydrogen (secondary N) is 7. The smallest absolute Gasteiger partial charge is 0.245 e. The van der Waals surface area contributed by atoms with E-state index >= 15 is 0 Å². The highest BCUT2D eigenvalue weighted by molar-refractivity contribution is 5.97. The molecular weight excluding hydrogens is 991 g/mol. The van der Waals surface area contributed by atoms with Gasteiger partial charge in [0.2, 0.25) is 41.4 Å². The normalized spacial score (nSPS) is 14.4. The summed E-state index contributed by atoms with van der Waals surface area (Å²) in [6, 6.07) is -0.268. The predicted molar refractivity (Wildman–Crippen MR) is 299 cm³/mol. The van der Waals surface area contributed by atoms with E-state index in [1.54, 1.807) is 51.1 Å². The first-order chi connectivity index (χ1) is 36.7. The molecule has 1 rings (SSSR count). The number of hydrogen-bond donors (Lipinski definition) is 14. The average molecular weight is 1090 g/mol. The van der Waals surface area contributed by atoms with Crippen LogP contribution in [0.5, 0.6) is 0 Å². The van der Waals surface area contributed by atoms with Crippen LogP contribution in [0.3, 0.4) is 0 Å². The van der Waals surface area contributed by atoms with Gasteiger partial charge in [-0.1, -0.05) is 115 Å². The van der Waals surface area contributed by atoms with E-state index in [0.717, 1.165) is 38.5 Å². The summed E-state index contributed by atoms with van der Waals surface area (Å²) in [5.74, 6) is -6.38. The molecule has 1 aromatic carbocycles. The fourth-order valence-corrected chi connectivity index (χ4v) is 8.10. The molecular formula is C54H95N13O10. The van der Waals surface area contributed by atoms with E-state index in [4.69, 9.17) is 22.9 Å². The molecule has 0 aliphatic rings. The van der Waals surface area contributed by atoms with Crippen LogP contribution in [-0.2, 0) is 40.0 Å². The largest absolute Gasteiger partial charge is 0.394 e. The van der Waals surface area contributed by atoms with Gasteiger partial charge in [-0.05, 0) is 83.1 Å². The van der Waals surface area contributed by atoms with Crippen molar-refractivity contribution < 1.29 is 48.9 Å². The number of carbonyl (C=O) groups is 7. The van der Waals surface area contributed by atoms with Crippen molar-refractivity contribution in [2.45, 2.75) is 205 Å². The van der Waals surface area contributed by atoms with Crippen molar-refractivity contribution in [2.75, 3.05) is 26.3 Å². The third kappa shape index (κ3) is 31.5. The van der Waals surface area contributed by atoms with Gasteiger partial charge in [-0.25, -0.2) is 0 Å². The summed E-state index contributed by atoms with van der Waals surface area (Å²) in [5.41, 5.74) is 22.3. The Morgan fingerprint density at radius 3 is 1.49 bits per heavy atom. The molecule has 7 amide bonds. The van der Waals surface area contributed by atoms with Gasteiger partial charge < -0.3 is 75.5 Å². The minimum Gasteiger partial charge on any atom is -0.394 e. The maximum absolute atomic E-state index is 14.3. The first-order valence-electron chi connectivity index (χ1n) is 27.5. The molecule has 1 aromatic rings. The Morgan fingerprint density at radius 1 is 0.519 bits per heavy atom. The Labute approximate surface area is 456 Å². The number of rotatable bonds is 42. The molecule has 0 saturated carbocycles. The van der Waals surface area contributed by atoms with Crippen molar-refractivity contribution in [3.8, 4) is 0 Å². The van der Waals surface area contributed by atoms with E-state index < -0.39 is 109 Å². The van der Waals surface area contributed by atoms with E-state index in [0.29, 0.717) is 31.4 Å². The maximum Gasteiger partial charge on any atom is 0.245 e. The number of aliphatic imine (C=N–C) groups is 2. The van der Waals surface area contributed by atoms with E-state index in [-0.39, 0.29) is 44.1 Å². The Morgan fingerprint density at radius 2 is 0.974 bits per heavy atom. The number of unbranched alkanes of at least 4 members (excludes halogenated alkanes) is 11. The lowest BCUT2D eigenvalue weighted by molar-refractivity contribution is -0.137. The molecule has 0 aliphatic heterocycles. The zero-order valence-corrected chi connectivity index (χ0v) is 46.4. The summed E-state index contributed by atoms with van der Waals surface area (Å²) in [5, 5.41) is 48.9. The number of aliphatic hydroxyl groups is 3. The molecule has 23 nitrogen and oxygen atoms in total. The van der Waals surface area contributed by atoms with Crippen molar-refractivity contribution >= 4 is 53.3 Å². The van der Waals surface area contributed by atoms with Gasteiger partial charge in [0.25, 0.3) is 0 Å². The van der Waals surface area contributed by atoms with Crippen LogP contribution in [0.2, 0.25) is 0 Å². The minimum atomic E-state index is -1.66. The second-order valence-corrected chi connectivity index (χ2v) is 20.0. The Bertz CT molecular complexity index is 1980. The third-order valence-electron chi connectivity index (χ3n) is 12.6. The molecule has 0 fully saturated rings. The van der Waals surface area contributed by atoms with Crippen LogP contribution in [0.1, 0.15) is 156 Å². The van der Waals surface area contributed by atoms with Gasteiger partial charge in [0.1, 0.15) is 36.3 Å². The number of nitrogens with zero attached hydrogens (tertiary/aromatic N) is 2. The Balaban J connectivity index is 3.11. The van der Waals surface area contributed by atoms with Gasteiger partial charge in [-0.15, -0.1) is 0 Å². The van der Waals surface area contributed by atoms with Crippen LogP contribution in [0, 0.1) is 5.92 Å². The van der Waals surface area contributed by atoms with Gasteiger partial charge >= 0.3 is 0 Å². The molecule has 0 radical (unpaired) electrons. The van der Waals surface area contributed by atoms with Crippen molar-refractivity contribution in [1.29, 1.82) is 0 Å². The zero-order chi connectivity index (χ0) is 57.5. The van der Waals surface area contributed by atoms with Crippen LogP contribution in [0.25, 0.3) is 0 Å². The number of hydrogen-bond acceptors (Lipinski definition) is 12. The predicted octanol–water partition coefficient (Wildman–Crippen LogP) is 0.809. The highest BCUT2D eigenvalue weighted by Crippen LogP contribution is 2.13. The third-order valence-corrected chi connectivity index (χ3v) is 12.6. The van der Waals surface area contributed by atoms with E-state index in [1.807, 2.05) is 0 Å². The van der Waals surface area contributed by atoms with Crippen LogP contribution >= 0.6 is 0 Å². The van der Waals surface area contributed by atoms with Crippen molar-refractivity contribution in [2.24, 2.45) is 38.8 Å². The standard InChI is InChI=1S/C54H95N13O10/c1-6-7-8-9-10-11-12-13-14-15-16-17-18-19-23-30-44(71)66-46(38(5)70)52(77)67-45(36(2)3)51(76)63-41(33-39-27-21-20-22-28-39)48(73)62-40(29-25-32-60-54(57)58)47(72)64-43(35-69)50(75)65-42(34-68)49(74)61-37(4)26-24-31-59-53(55)56/h13-14,20-22,27-28,36-38,40-43,45-46,68-70H,6-12,15-19,23-26,29-35H2,1-5H3,(H,61,74)(H,62,73)(H,63,76)(H,64,72)(H,65,75)(H,66,71)(H,67,77)(H4,55,56,59)(H4,57,58,60)/b14-13-/t37-,38-,40+,41+,42+,43+,45+,46+/m1/s1. The van der Waals surface area contributed by atoms with E-state index in [9.17, 15) is 48.9 Å². The quantitative estimate of drug-likeness (QED) is 0.0187. The maximum atomic E-state index is 14.3. The lowest BCUT2D eigenvalue weighted by atomic mass is 9.99. The van der Waals surface area contributed by atoms with Crippen LogP contribution in [0.15, 0.2) is 52.5 Å². The summed E-state index contributed by atoms with van der Waals surface area (Å²) in [6.07, 6.45) is 18.7. The highest BCUT2D eigenvalue weighted by atomic mass is 16.3. The van der Waals surface area contributed by atoms with Gasteiger partial charge in [-0.2, -0.15) is 0 Å². The molecule has 0 spiro atoms. The lowest BCUT2D eigenvalue weighted by Crippen LogP contribution is -2.62. The van der Waals surface area contributed by atoms with Gasteiger partial charge in [0.15, 0.2) is 11.9 Å². The molecule has 0 unspecified atom stereocenters. The van der Waals surface area contributed by atoms with Crippen LogP contribution < -0.4 is 60.2 Å². The van der Waals surface area contributed by atoms with Gasteiger partial charge in [-0.3, -0.25) is 43.5 Å². The molecule has 0 heterocycles. The summed E-state index contributed by atoms with van der Waals surface area (Å²) in [7, 11) is 0. The average Bonchev–Trinajstić information content (AvgIpc) is 3.38. The molecule has 436 valence electrons. The Kier molecular flexibility index (Phi) is 36.4. The van der Waals surface area contributed by atoms with E-state index in [2.05, 4.69) is 66.3 Å². The number of guanidine groups is 2. The first-order valence-corrected chi connectivity index (χ1v) is 27.5. The summed E-state index contributed by atoms with van der Waals surface area (Å²) in [6.45, 7) is 7.21. The topological polar surface area (TPSA) is 393 Å². The number of benzene rings is 1. The van der Waals surface area contributed by atoms with E-state index in [1.165, 1.54) is 45.4 Å². The Hall–Kier alpha value is -6.33. The fourth-order valence-electron chi connectivity index (χ4n) is 8.10. The van der Waals surface area contributed by atoms with Gasteiger partial charge in [0.05, 0.1) is 19.3 Å². The van der Waals surface area contributed by atoms with Crippen molar-refractivity contribution in [3.05, 3.63) is 48.0 Å². The van der Waals surface area contributed by atoms with Crippen LogP contribution in [-0.4, -0.2) is 143 Å². The SMILES string of the molecule is CCCCCCCC/C=C\CCCCCCCC(=O)N[C@H](C(=O)N[C@H](C(=O)N[C@@H](Cc1ccccc1)C(=O)N[C@@H](CCCN=C(N)N)C(=O)N[C@@H](CO)C(=O)N[C@@H](CO)C(=O)N[C@H](C)CCCN=C(N)N)C(C)C)[C@@H](C)O. The highest BCUT2D eigenvalue weighted by Gasteiger charge is 2.35. The number of allylic oxidation sites excluding steroid dienone is 2. The number of carbonyl (C=O) groups excluding carboxylic acids is 7. The lowest BCUT2D eigenvalue weighted by Gasteiger charge is -2.29. The van der Waals surface area contributed by atoms with Crippen molar-refractivity contribution in [1.82, 2.24) is 37.2 Å². The van der Waals surface area contributed by atoms with Crippen LogP contribution in [0.4, 0.5) is 0 Å².